The second kappa shape index (κ2) is 5.46. The summed E-state index contributed by atoms with van der Waals surface area (Å²) in [6, 6.07) is 7.09. The zero-order chi connectivity index (χ0) is 14.0. The highest BCUT2D eigenvalue weighted by molar-refractivity contribution is 9.11. The molecule has 8 heteroatoms. The fourth-order valence-corrected chi connectivity index (χ4v) is 2.43. The van der Waals surface area contributed by atoms with Gasteiger partial charge in [0.15, 0.2) is 5.82 Å². The number of halogens is 5. The van der Waals surface area contributed by atoms with Crippen LogP contribution in [0.5, 0.6) is 5.75 Å². The molecule has 0 N–H and O–H groups in total. The minimum atomic E-state index is -4.72. The van der Waals surface area contributed by atoms with E-state index in [2.05, 4.69) is 46.6 Å². The lowest BCUT2D eigenvalue weighted by atomic mass is 10.2. The molecule has 0 fully saturated rings. The minimum Gasteiger partial charge on any atom is -0.406 e. The third-order valence-corrected chi connectivity index (χ3v) is 2.80. The van der Waals surface area contributed by atoms with Crippen molar-refractivity contribution in [1.82, 2.24) is 9.97 Å². The summed E-state index contributed by atoms with van der Waals surface area (Å²) in [6.07, 6.45) is -4.72. The molecule has 0 aliphatic rings. The lowest BCUT2D eigenvalue weighted by molar-refractivity contribution is -0.274. The van der Waals surface area contributed by atoms with Crippen LogP contribution in [0.4, 0.5) is 13.2 Å². The molecule has 3 nitrogen and oxygen atoms in total. The van der Waals surface area contributed by atoms with Crippen LogP contribution in [0.15, 0.2) is 39.5 Å². The summed E-state index contributed by atoms with van der Waals surface area (Å²) in [5.41, 5.74) is 0.420. The molecule has 0 saturated heterocycles. The van der Waals surface area contributed by atoms with E-state index in [1.165, 1.54) is 18.2 Å². The van der Waals surface area contributed by atoms with Crippen molar-refractivity contribution < 1.29 is 17.9 Å². The molecular weight excluding hydrogens is 393 g/mol. The molecular formula is C11H5Br2F3N2O. The predicted molar refractivity (Wildman–Crippen MR) is 69.6 cm³/mol. The van der Waals surface area contributed by atoms with Gasteiger partial charge in [0.2, 0.25) is 0 Å². The van der Waals surface area contributed by atoms with Gasteiger partial charge in [0, 0.05) is 11.6 Å². The first kappa shape index (κ1) is 14.3. The smallest absolute Gasteiger partial charge is 0.406 e. The summed E-state index contributed by atoms with van der Waals surface area (Å²) in [7, 11) is 0. The molecule has 1 heterocycles. The van der Waals surface area contributed by atoms with Crippen LogP contribution in [0.3, 0.4) is 0 Å². The molecule has 0 atom stereocenters. The molecule has 19 heavy (non-hydrogen) atoms. The summed E-state index contributed by atoms with van der Waals surface area (Å²) in [5, 5.41) is 0. The molecule has 0 amide bonds. The molecule has 1 aromatic heterocycles. The molecule has 0 saturated carbocycles. The third-order valence-electron chi connectivity index (χ3n) is 1.99. The van der Waals surface area contributed by atoms with E-state index in [0.29, 0.717) is 14.8 Å². The Labute approximate surface area is 123 Å². The molecule has 2 aromatic rings. The van der Waals surface area contributed by atoms with Crippen LogP contribution in [0, 0.1) is 0 Å². The van der Waals surface area contributed by atoms with Crippen molar-refractivity contribution in [3.63, 3.8) is 0 Å². The maximum Gasteiger partial charge on any atom is 0.573 e. The minimum absolute atomic E-state index is 0.286. The summed E-state index contributed by atoms with van der Waals surface area (Å²) in [6.45, 7) is 0. The SMILES string of the molecule is FC(F)(F)Oc1cccc(-c2nc(Br)cc(Br)n2)c1. The first-order chi connectivity index (χ1) is 8.83. The van der Waals surface area contributed by atoms with Crippen molar-refractivity contribution in [2.45, 2.75) is 6.36 Å². The van der Waals surface area contributed by atoms with E-state index in [1.807, 2.05) is 0 Å². The van der Waals surface area contributed by atoms with Crippen molar-refractivity contribution in [3.8, 4) is 17.1 Å². The van der Waals surface area contributed by atoms with Crippen LogP contribution in [0.2, 0.25) is 0 Å². The monoisotopic (exact) mass is 396 g/mol. The average Bonchev–Trinajstić information content (AvgIpc) is 2.25. The molecule has 1 aromatic carbocycles. The summed E-state index contributed by atoms with van der Waals surface area (Å²) in [4.78, 5) is 8.16. The van der Waals surface area contributed by atoms with Crippen LogP contribution in [0.1, 0.15) is 0 Å². The van der Waals surface area contributed by atoms with Gasteiger partial charge in [-0.3, -0.25) is 0 Å². The predicted octanol–water partition coefficient (Wildman–Crippen LogP) is 4.57. The van der Waals surface area contributed by atoms with Crippen LogP contribution < -0.4 is 4.74 Å². The number of benzene rings is 1. The Morgan fingerprint density at radius 3 is 2.21 bits per heavy atom. The van der Waals surface area contributed by atoms with Crippen molar-refractivity contribution in [2.24, 2.45) is 0 Å². The van der Waals surface area contributed by atoms with Crippen LogP contribution in [-0.4, -0.2) is 16.3 Å². The van der Waals surface area contributed by atoms with Gasteiger partial charge >= 0.3 is 6.36 Å². The molecule has 0 aliphatic carbocycles. The molecule has 0 bridgehead atoms. The fraction of sp³-hybridized carbons (Fsp3) is 0.0909. The maximum absolute atomic E-state index is 12.1. The molecule has 2 rings (SSSR count). The first-order valence-electron chi connectivity index (χ1n) is 4.90. The normalized spacial score (nSPS) is 11.4. The van der Waals surface area contributed by atoms with E-state index < -0.39 is 6.36 Å². The summed E-state index contributed by atoms with van der Waals surface area (Å²) in [5.74, 6) is -0.0291. The molecule has 0 radical (unpaired) electrons. The highest BCUT2D eigenvalue weighted by atomic mass is 79.9. The van der Waals surface area contributed by atoms with Crippen LogP contribution >= 0.6 is 31.9 Å². The van der Waals surface area contributed by atoms with Gasteiger partial charge in [0.05, 0.1) is 0 Å². The number of rotatable bonds is 2. The van der Waals surface area contributed by atoms with E-state index in [-0.39, 0.29) is 11.6 Å². The number of ether oxygens (including phenoxy) is 1. The van der Waals surface area contributed by atoms with E-state index >= 15 is 0 Å². The number of hydrogen-bond acceptors (Lipinski definition) is 3. The van der Waals surface area contributed by atoms with Gasteiger partial charge in [-0.15, -0.1) is 13.2 Å². The molecule has 0 unspecified atom stereocenters. The molecule has 0 spiro atoms. The van der Waals surface area contributed by atoms with Crippen molar-refractivity contribution in [3.05, 3.63) is 39.5 Å². The van der Waals surface area contributed by atoms with Crippen LogP contribution in [-0.2, 0) is 0 Å². The number of aromatic nitrogens is 2. The third kappa shape index (κ3) is 4.17. The topological polar surface area (TPSA) is 35.0 Å². The Bertz CT molecular complexity index is 584. The fourth-order valence-electron chi connectivity index (χ4n) is 1.35. The Balaban J connectivity index is 2.37. The maximum atomic E-state index is 12.1. The van der Waals surface area contributed by atoms with E-state index in [0.717, 1.165) is 0 Å². The van der Waals surface area contributed by atoms with E-state index in [4.69, 9.17) is 0 Å². The van der Waals surface area contributed by atoms with E-state index in [1.54, 1.807) is 12.1 Å². The summed E-state index contributed by atoms with van der Waals surface area (Å²) < 4.78 is 41.3. The summed E-state index contributed by atoms with van der Waals surface area (Å²) >= 11 is 6.37. The zero-order valence-corrected chi connectivity index (χ0v) is 12.3. The standard InChI is InChI=1S/C11H5Br2F3N2O/c12-8-5-9(13)18-10(17-8)6-2-1-3-7(4-6)19-11(14,15)16/h1-5H. The van der Waals surface area contributed by atoms with Gasteiger partial charge in [-0.2, -0.15) is 0 Å². The Kier molecular flexibility index (Phi) is 4.10. The molecule has 0 aliphatic heterocycles. The van der Waals surface area contributed by atoms with Gasteiger partial charge in [-0.25, -0.2) is 9.97 Å². The second-order valence-corrected chi connectivity index (χ2v) is 5.04. The van der Waals surface area contributed by atoms with Crippen molar-refractivity contribution >= 4 is 31.9 Å². The average molecular weight is 398 g/mol. The highest BCUT2D eigenvalue weighted by Gasteiger charge is 2.31. The van der Waals surface area contributed by atoms with Gasteiger partial charge in [0.25, 0.3) is 0 Å². The number of nitrogens with zero attached hydrogens (tertiary/aromatic N) is 2. The molecule has 100 valence electrons. The quantitative estimate of drug-likeness (QED) is 0.696. The van der Waals surface area contributed by atoms with Crippen molar-refractivity contribution in [1.29, 1.82) is 0 Å². The Hall–Kier alpha value is -1.15. The van der Waals surface area contributed by atoms with Gasteiger partial charge < -0.3 is 4.74 Å². The Morgan fingerprint density at radius 2 is 1.63 bits per heavy atom. The largest absolute Gasteiger partial charge is 0.573 e. The lowest BCUT2D eigenvalue weighted by Crippen LogP contribution is -2.17. The van der Waals surface area contributed by atoms with Crippen LogP contribution in [0.25, 0.3) is 11.4 Å². The number of alkyl halides is 3. The van der Waals surface area contributed by atoms with E-state index in [9.17, 15) is 13.2 Å². The second-order valence-electron chi connectivity index (χ2n) is 3.41. The van der Waals surface area contributed by atoms with Gasteiger partial charge in [-0.1, -0.05) is 12.1 Å². The lowest BCUT2D eigenvalue weighted by Gasteiger charge is -2.09. The zero-order valence-electron chi connectivity index (χ0n) is 9.08. The van der Waals surface area contributed by atoms with Crippen molar-refractivity contribution in [2.75, 3.05) is 0 Å². The highest BCUT2D eigenvalue weighted by Crippen LogP contribution is 2.27. The number of hydrogen-bond donors (Lipinski definition) is 0. The van der Waals surface area contributed by atoms with Gasteiger partial charge in [-0.05, 0) is 44.0 Å². The Morgan fingerprint density at radius 1 is 1.00 bits per heavy atom. The van der Waals surface area contributed by atoms with Gasteiger partial charge in [0.1, 0.15) is 15.0 Å². The first-order valence-corrected chi connectivity index (χ1v) is 6.48.